The van der Waals surface area contributed by atoms with Gasteiger partial charge in [0.15, 0.2) is 0 Å². The molecule has 6 heteroatoms. The first-order valence-electron chi connectivity index (χ1n) is 5.57. The SMILES string of the molecule is CN1CCN(C(=O)c2ccc(Br)c(N)c2)CC1=O. The number of carbonyl (C=O) groups excluding carboxylic acids is 2. The second kappa shape index (κ2) is 4.97. The first-order chi connectivity index (χ1) is 8.49. The van der Waals surface area contributed by atoms with Crippen molar-refractivity contribution in [3.8, 4) is 0 Å². The Hall–Kier alpha value is -1.56. The summed E-state index contributed by atoms with van der Waals surface area (Å²) < 4.78 is 0.758. The first-order valence-corrected chi connectivity index (χ1v) is 6.36. The third-order valence-electron chi connectivity index (χ3n) is 2.99. The minimum atomic E-state index is -0.157. The fraction of sp³-hybridized carbons (Fsp3) is 0.333. The quantitative estimate of drug-likeness (QED) is 0.785. The molecule has 1 aliphatic heterocycles. The maximum Gasteiger partial charge on any atom is 0.254 e. The molecule has 0 saturated carbocycles. The van der Waals surface area contributed by atoms with E-state index in [2.05, 4.69) is 15.9 Å². The summed E-state index contributed by atoms with van der Waals surface area (Å²) in [6.45, 7) is 1.25. The lowest BCUT2D eigenvalue weighted by Crippen LogP contribution is -2.50. The Morgan fingerprint density at radius 1 is 1.39 bits per heavy atom. The molecule has 18 heavy (non-hydrogen) atoms. The Morgan fingerprint density at radius 2 is 2.11 bits per heavy atom. The molecule has 5 nitrogen and oxygen atoms in total. The molecule has 0 atom stereocenters. The fourth-order valence-electron chi connectivity index (χ4n) is 1.79. The van der Waals surface area contributed by atoms with Crippen LogP contribution < -0.4 is 5.73 Å². The Balaban J connectivity index is 2.16. The zero-order chi connectivity index (χ0) is 13.3. The van der Waals surface area contributed by atoms with E-state index in [4.69, 9.17) is 5.73 Å². The van der Waals surface area contributed by atoms with Crippen LogP contribution in [0, 0.1) is 0 Å². The van der Waals surface area contributed by atoms with Gasteiger partial charge in [-0.15, -0.1) is 0 Å². The van der Waals surface area contributed by atoms with Crippen LogP contribution in [0.4, 0.5) is 5.69 Å². The second-order valence-corrected chi connectivity index (χ2v) is 5.13. The number of piperazine rings is 1. The molecule has 0 aromatic heterocycles. The van der Waals surface area contributed by atoms with Crippen LogP contribution in [0.3, 0.4) is 0 Å². The van der Waals surface area contributed by atoms with Crippen molar-refractivity contribution in [3.63, 3.8) is 0 Å². The van der Waals surface area contributed by atoms with Crippen molar-refractivity contribution in [1.29, 1.82) is 0 Å². The highest BCUT2D eigenvalue weighted by Crippen LogP contribution is 2.21. The van der Waals surface area contributed by atoms with Gasteiger partial charge in [-0.3, -0.25) is 9.59 Å². The van der Waals surface area contributed by atoms with Crippen LogP contribution in [-0.4, -0.2) is 48.3 Å². The molecule has 1 aromatic rings. The molecule has 1 saturated heterocycles. The normalized spacial score (nSPS) is 16.0. The zero-order valence-electron chi connectivity index (χ0n) is 10.0. The van der Waals surface area contributed by atoms with Crippen LogP contribution in [-0.2, 0) is 4.79 Å². The van der Waals surface area contributed by atoms with Crippen LogP contribution in [0.2, 0.25) is 0 Å². The van der Waals surface area contributed by atoms with Gasteiger partial charge in [-0.25, -0.2) is 0 Å². The summed E-state index contributed by atoms with van der Waals surface area (Å²) in [5, 5.41) is 0. The van der Waals surface area contributed by atoms with Crippen LogP contribution in [0.25, 0.3) is 0 Å². The average molecular weight is 312 g/mol. The minimum Gasteiger partial charge on any atom is -0.398 e. The lowest BCUT2D eigenvalue weighted by Gasteiger charge is -2.32. The Kier molecular flexibility index (Phi) is 3.56. The van der Waals surface area contributed by atoms with Crippen molar-refractivity contribution in [2.45, 2.75) is 0 Å². The summed E-state index contributed by atoms with van der Waals surface area (Å²) in [6, 6.07) is 5.06. The number of amides is 2. The van der Waals surface area contributed by atoms with Crippen LogP contribution in [0.1, 0.15) is 10.4 Å². The topological polar surface area (TPSA) is 66.6 Å². The molecule has 1 aromatic carbocycles. The highest BCUT2D eigenvalue weighted by atomic mass is 79.9. The summed E-state index contributed by atoms with van der Waals surface area (Å²) in [6.07, 6.45) is 0. The number of hydrogen-bond donors (Lipinski definition) is 1. The summed E-state index contributed by atoms with van der Waals surface area (Å²) in [7, 11) is 1.74. The van der Waals surface area contributed by atoms with Gasteiger partial charge in [-0.05, 0) is 34.1 Å². The van der Waals surface area contributed by atoms with Crippen molar-refractivity contribution in [2.24, 2.45) is 0 Å². The number of nitrogens with two attached hydrogens (primary N) is 1. The lowest BCUT2D eigenvalue weighted by molar-refractivity contribution is -0.133. The number of benzene rings is 1. The smallest absolute Gasteiger partial charge is 0.254 e. The van der Waals surface area contributed by atoms with Gasteiger partial charge in [-0.1, -0.05) is 0 Å². The standard InChI is InChI=1S/C12H14BrN3O2/c1-15-4-5-16(7-11(15)17)12(18)8-2-3-9(13)10(14)6-8/h2-3,6H,4-5,7,14H2,1H3. The molecule has 0 bridgehead atoms. The first kappa shape index (κ1) is 12.9. The van der Waals surface area contributed by atoms with Gasteiger partial charge in [-0.2, -0.15) is 0 Å². The molecule has 96 valence electrons. The van der Waals surface area contributed by atoms with E-state index in [0.717, 1.165) is 4.47 Å². The fourth-order valence-corrected chi connectivity index (χ4v) is 2.04. The number of rotatable bonds is 1. The van der Waals surface area contributed by atoms with E-state index in [0.29, 0.717) is 24.3 Å². The lowest BCUT2D eigenvalue weighted by atomic mass is 10.1. The van der Waals surface area contributed by atoms with Gasteiger partial charge in [0.25, 0.3) is 5.91 Å². The summed E-state index contributed by atoms with van der Waals surface area (Å²) in [5.74, 6) is -0.199. The molecule has 2 N–H and O–H groups in total. The van der Waals surface area contributed by atoms with Crippen LogP contribution in [0.5, 0.6) is 0 Å². The second-order valence-electron chi connectivity index (χ2n) is 4.28. The molecular formula is C12H14BrN3O2. The number of likely N-dealkylation sites (N-methyl/N-ethyl adjacent to an activating group) is 1. The summed E-state index contributed by atoms with van der Waals surface area (Å²) in [4.78, 5) is 26.9. The van der Waals surface area contributed by atoms with E-state index in [9.17, 15) is 9.59 Å². The Morgan fingerprint density at radius 3 is 2.72 bits per heavy atom. The van der Waals surface area contributed by atoms with Crippen molar-refractivity contribution in [2.75, 3.05) is 32.4 Å². The van der Waals surface area contributed by atoms with E-state index in [1.807, 2.05) is 0 Å². The van der Waals surface area contributed by atoms with Crippen molar-refractivity contribution in [1.82, 2.24) is 9.80 Å². The summed E-state index contributed by atoms with van der Waals surface area (Å²) in [5.41, 5.74) is 6.77. The van der Waals surface area contributed by atoms with E-state index in [-0.39, 0.29) is 18.4 Å². The third kappa shape index (κ3) is 2.48. The maximum atomic E-state index is 12.2. The average Bonchev–Trinajstić information content (AvgIpc) is 2.35. The van der Waals surface area contributed by atoms with Gasteiger partial charge in [0.05, 0.1) is 0 Å². The molecule has 1 heterocycles. The third-order valence-corrected chi connectivity index (χ3v) is 3.71. The Bertz CT molecular complexity index is 504. The number of anilines is 1. The highest BCUT2D eigenvalue weighted by Gasteiger charge is 2.25. The number of nitrogens with zero attached hydrogens (tertiary/aromatic N) is 2. The molecule has 2 amide bonds. The van der Waals surface area contributed by atoms with E-state index < -0.39 is 0 Å². The number of nitrogen functional groups attached to an aromatic ring is 1. The molecule has 1 fully saturated rings. The predicted octanol–water partition coefficient (Wildman–Crippen LogP) is 0.946. The number of hydrogen-bond acceptors (Lipinski definition) is 3. The van der Waals surface area contributed by atoms with Crippen molar-refractivity contribution >= 4 is 33.4 Å². The van der Waals surface area contributed by atoms with Gasteiger partial charge in [0.2, 0.25) is 5.91 Å². The van der Waals surface area contributed by atoms with E-state index in [1.54, 1.807) is 35.0 Å². The molecular weight excluding hydrogens is 298 g/mol. The van der Waals surface area contributed by atoms with Crippen LogP contribution >= 0.6 is 15.9 Å². The predicted molar refractivity (Wildman–Crippen MR) is 72.1 cm³/mol. The molecule has 0 aliphatic carbocycles. The van der Waals surface area contributed by atoms with Gasteiger partial charge < -0.3 is 15.5 Å². The van der Waals surface area contributed by atoms with Gasteiger partial charge >= 0.3 is 0 Å². The Labute approximate surface area is 114 Å². The number of carbonyl (C=O) groups is 2. The minimum absolute atomic E-state index is 0.0420. The van der Waals surface area contributed by atoms with Crippen molar-refractivity contribution < 1.29 is 9.59 Å². The van der Waals surface area contributed by atoms with Crippen molar-refractivity contribution in [3.05, 3.63) is 28.2 Å². The van der Waals surface area contributed by atoms with E-state index in [1.165, 1.54) is 0 Å². The molecule has 0 unspecified atom stereocenters. The highest BCUT2D eigenvalue weighted by molar-refractivity contribution is 9.10. The summed E-state index contributed by atoms with van der Waals surface area (Å²) >= 11 is 3.28. The van der Waals surface area contributed by atoms with E-state index >= 15 is 0 Å². The largest absolute Gasteiger partial charge is 0.398 e. The zero-order valence-corrected chi connectivity index (χ0v) is 11.6. The number of halogens is 1. The van der Waals surface area contributed by atoms with Gasteiger partial charge in [0.1, 0.15) is 6.54 Å². The monoisotopic (exact) mass is 311 g/mol. The van der Waals surface area contributed by atoms with Gasteiger partial charge in [0, 0.05) is 35.9 Å². The maximum absolute atomic E-state index is 12.2. The molecule has 0 radical (unpaired) electrons. The molecule has 2 rings (SSSR count). The molecule has 1 aliphatic rings. The molecule has 0 spiro atoms. The van der Waals surface area contributed by atoms with Crippen LogP contribution in [0.15, 0.2) is 22.7 Å².